The molecule has 3 aromatic heterocycles. The van der Waals surface area contributed by atoms with Crippen molar-refractivity contribution in [3.63, 3.8) is 0 Å². The standard InChI is InChI=1S/C21H16N6O3S/c28-18(12-26-19(29)9-10-20(26)30)22-14-5-3-13(4-6-14)15-7-8-17-23-24-21(27(17)25-15)16-2-1-11-31-16/h1-8,11H,9-10,12H2,(H,22,28). The molecule has 4 heterocycles. The van der Waals surface area contributed by atoms with Crippen LogP contribution in [0.2, 0.25) is 0 Å². The van der Waals surface area contributed by atoms with Crippen LogP contribution in [0.5, 0.6) is 0 Å². The second-order valence-electron chi connectivity index (χ2n) is 6.99. The van der Waals surface area contributed by atoms with Gasteiger partial charge in [0.25, 0.3) is 0 Å². The predicted molar refractivity (Wildman–Crippen MR) is 114 cm³/mol. The Morgan fingerprint density at radius 2 is 1.77 bits per heavy atom. The van der Waals surface area contributed by atoms with Crippen molar-refractivity contribution < 1.29 is 14.4 Å². The van der Waals surface area contributed by atoms with E-state index < -0.39 is 5.91 Å². The fraction of sp³-hybridized carbons (Fsp3) is 0.143. The van der Waals surface area contributed by atoms with E-state index in [1.165, 1.54) is 0 Å². The topological polar surface area (TPSA) is 110 Å². The van der Waals surface area contributed by atoms with Gasteiger partial charge in [-0.25, -0.2) is 0 Å². The largest absolute Gasteiger partial charge is 0.325 e. The molecule has 4 aromatic rings. The number of carbonyl (C=O) groups excluding carboxylic acids is 3. The van der Waals surface area contributed by atoms with Gasteiger partial charge in [-0.05, 0) is 35.7 Å². The molecule has 1 saturated heterocycles. The predicted octanol–water partition coefficient (Wildman–Crippen LogP) is 2.61. The van der Waals surface area contributed by atoms with Gasteiger partial charge in [-0.3, -0.25) is 19.3 Å². The summed E-state index contributed by atoms with van der Waals surface area (Å²) in [5.74, 6) is -0.358. The number of carbonyl (C=O) groups is 3. The van der Waals surface area contributed by atoms with Crippen LogP contribution in [0.4, 0.5) is 5.69 Å². The lowest BCUT2D eigenvalue weighted by atomic mass is 10.1. The van der Waals surface area contributed by atoms with Gasteiger partial charge in [0.2, 0.25) is 17.7 Å². The molecule has 0 radical (unpaired) electrons. The Hall–Kier alpha value is -3.92. The number of aromatic nitrogens is 4. The van der Waals surface area contributed by atoms with Gasteiger partial charge in [0.1, 0.15) is 6.54 Å². The second kappa shape index (κ2) is 7.73. The van der Waals surface area contributed by atoms with Crippen LogP contribution in [0.1, 0.15) is 12.8 Å². The van der Waals surface area contributed by atoms with E-state index in [2.05, 4.69) is 20.6 Å². The third-order valence-corrected chi connectivity index (χ3v) is 5.79. The normalized spacial score (nSPS) is 13.9. The highest BCUT2D eigenvalue weighted by molar-refractivity contribution is 7.13. The fourth-order valence-electron chi connectivity index (χ4n) is 3.37. The molecule has 0 spiro atoms. The third-order valence-electron chi connectivity index (χ3n) is 4.93. The number of nitrogens with one attached hydrogen (secondary N) is 1. The first-order valence-electron chi connectivity index (χ1n) is 9.58. The number of nitrogens with zero attached hydrogens (tertiary/aromatic N) is 5. The molecule has 1 aromatic carbocycles. The third kappa shape index (κ3) is 3.68. The number of hydrogen-bond acceptors (Lipinski definition) is 7. The van der Waals surface area contributed by atoms with Gasteiger partial charge in [-0.1, -0.05) is 18.2 Å². The van der Waals surface area contributed by atoms with Crippen molar-refractivity contribution in [2.24, 2.45) is 0 Å². The van der Waals surface area contributed by atoms with Crippen molar-refractivity contribution in [3.8, 4) is 22.0 Å². The number of benzene rings is 1. The van der Waals surface area contributed by atoms with E-state index in [1.807, 2.05) is 41.8 Å². The highest BCUT2D eigenvalue weighted by Crippen LogP contribution is 2.25. The zero-order valence-corrected chi connectivity index (χ0v) is 17.0. The molecule has 0 unspecified atom stereocenters. The van der Waals surface area contributed by atoms with Gasteiger partial charge < -0.3 is 5.32 Å². The van der Waals surface area contributed by atoms with Crippen molar-refractivity contribution in [2.45, 2.75) is 12.8 Å². The summed E-state index contributed by atoms with van der Waals surface area (Å²) in [6, 6.07) is 14.8. The molecule has 9 nitrogen and oxygen atoms in total. The number of imide groups is 1. The number of hydrogen-bond donors (Lipinski definition) is 1. The molecule has 10 heteroatoms. The van der Waals surface area contributed by atoms with Gasteiger partial charge in [-0.2, -0.15) is 9.61 Å². The summed E-state index contributed by atoms with van der Waals surface area (Å²) < 4.78 is 1.71. The molecule has 0 saturated carbocycles. The fourth-order valence-corrected chi connectivity index (χ4v) is 4.06. The van der Waals surface area contributed by atoms with Crippen molar-refractivity contribution >= 4 is 40.4 Å². The minimum absolute atomic E-state index is 0.165. The summed E-state index contributed by atoms with van der Waals surface area (Å²) >= 11 is 1.57. The minimum Gasteiger partial charge on any atom is -0.325 e. The Balaban J connectivity index is 1.33. The number of anilines is 1. The lowest BCUT2D eigenvalue weighted by molar-refractivity contribution is -0.141. The van der Waals surface area contributed by atoms with Gasteiger partial charge in [0, 0.05) is 24.1 Å². The van der Waals surface area contributed by atoms with Gasteiger partial charge >= 0.3 is 0 Å². The van der Waals surface area contributed by atoms with Crippen molar-refractivity contribution in [1.29, 1.82) is 0 Å². The van der Waals surface area contributed by atoms with Crippen molar-refractivity contribution in [1.82, 2.24) is 24.7 Å². The average molecular weight is 432 g/mol. The van der Waals surface area contributed by atoms with Gasteiger partial charge in [0.15, 0.2) is 11.5 Å². The summed E-state index contributed by atoms with van der Waals surface area (Å²) in [5, 5.41) is 17.8. The maximum absolute atomic E-state index is 12.2. The van der Waals surface area contributed by atoms with E-state index in [1.54, 1.807) is 28.0 Å². The molecule has 1 aliphatic rings. The molecule has 1 aliphatic heterocycles. The average Bonchev–Trinajstić information content (AvgIpc) is 3.51. The Morgan fingerprint density at radius 1 is 1.00 bits per heavy atom. The summed E-state index contributed by atoms with van der Waals surface area (Å²) in [7, 11) is 0. The summed E-state index contributed by atoms with van der Waals surface area (Å²) in [6.45, 7) is -0.267. The number of amides is 3. The first-order chi connectivity index (χ1) is 15.1. The van der Waals surface area contributed by atoms with E-state index in [4.69, 9.17) is 0 Å². The van der Waals surface area contributed by atoms with E-state index in [0.717, 1.165) is 21.0 Å². The quantitative estimate of drug-likeness (QED) is 0.486. The lowest BCUT2D eigenvalue weighted by Gasteiger charge is -2.13. The molecular formula is C21H16N6O3S. The molecule has 31 heavy (non-hydrogen) atoms. The summed E-state index contributed by atoms with van der Waals surface area (Å²) in [5.41, 5.74) is 2.81. The molecule has 154 valence electrons. The summed E-state index contributed by atoms with van der Waals surface area (Å²) in [6.07, 6.45) is 0.331. The highest BCUT2D eigenvalue weighted by Gasteiger charge is 2.30. The second-order valence-corrected chi connectivity index (χ2v) is 7.94. The Labute approximate surface area is 180 Å². The molecule has 3 amide bonds. The van der Waals surface area contributed by atoms with Gasteiger partial charge in [0.05, 0.1) is 10.6 Å². The molecule has 0 aliphatic carbocycles. The van der Waals surface area contributed by atoms with Gasteiger partial charge in [-0.15, -0.1) is 21.5 Å². The maximum Gasteiger partial charge on any atom is 0.244 e. The van der Waals surface area contributed by atoms with E-state index >= 15 is 0 Å². The van der Waals surface area contributed by atoms with E-state index in [-0.39, 0.29) is 31.2 Å². The zero-order valence-electron chi connectivity index (χ0n) is 16.2. The SMILES string of the molecule is O=C(CN1C(=O)CCC1=O)Nc1ccc(-c2ccc3nnc(-c4cccs4)n3n2)cc1. The van der Waals surface area contributed by atoms with E-state index in [9.17, 15) is 14.4 Å². The number of likely N-dealkylation sites (tertiary alicyclic amines) is 1. The van der Waals surface area contributed by atoms with Crippen LogP contribution in [0.25, 0.3) is 27.6 Å². The molecule has 1 N–H and O–H groups in total. The van der Waals surface area contributed by atoms with Crippen LogP contribution in [0.15, 0.2) is 53.9 Å². The molecule has 5 rings (SSSR count). The van der Waals surface area contributed by atoms with Crippen LogP contribution in [-0.2, 0) is 14.4 Å². The van der Waals surface area contributed by atoms with Crippen LogP contribution in [-0.4, -0.2) is 49.0 Å². The minimum atomic E-state index is -0.416. The first kappa shape index (κ1) is 19.1. The van der Waals surface area contributed by atoms with Crippen molar-refractivity contribution in [3.05, 3.63) is 53.9 Å². The molecule has 0 atom stereocenters. The number of fused-ring (bicyclic) bond motifs is 1. The molecular weight excluding hydrogens is 416 g/mol. The maximum atomic E-state index is 12.2. The van der Waals surface area contributed by atoms with Crippen LogP contribution in [0.3, 0.4) is 0 Å². The Morgan fingerprint density at radius 3 is 2.48 bits per heavy atom. The van der Waals surface area contributed by atoms with Crippen molar-refractivity contribution in [2.75, 3.05) is 11.9 Å². The molecule has 0 bridgehead atoms. The smallest absolute Gasteiger partial charge is 0.244 e. The highest BCUT2D eigenvalue weighted by atomic mass is 32.1. The Bertz CT molecular complexity index is 1280. The summed E-state index contributed by atoms with van der Waals surface area (Å²) in [4.78, 5) is 37.5. The number of thiophene rings is 1. The Kier molecular flexibility index (Phi) is 4.75. The van der Waals surface area contributed by atoms with Crippen LogP contribution >= 0.6 is 11.3 Å². The number of rotatable bonds is 5. The molecule has 1 fully saturated rings. The van der Waals surface area contributed by atoms with Crippen LogP contribution < -0.4 is 5.32 Å². The van der Waals surface area contributed by atoms with Crippen LogP contribution in [0, 0.1) is 0 Å². The first-order valence-corrected chi connectivity index (χ1v) is 10.5. The lowest BCUT2D eigenvalue weighted by Crippen LogP contribution is -2.36. The van der Waals surface area contributed by atoms with E-state index in [0.29, 0.717) is 17.2 Å². The monoisotopic (exact) mass is 432 g/mol. The zero-order chi connectivity index (χ0) is 21.4.